The van der Waals surface area contributed by atoms with Gasteiger partial charge in [0.05, 0.1) is 12.0 Å². The fraction of sp³-hybridized carbons (Fsp3) is 0.353. The third-order valence-electron chi connectivity index (χ3n) is 3.42. The van der Waals surface area contributed by atoms with E-state index in [0.717, 1.165) is 18.4 Å². The van der Waals surface area contributed by atoms with Crippen LogP contribution in [0.3, 0.4) is 0 Å². The van der Waals surface area contributed by atoms with E-state index in [0.29, 0.717) is 0 Å². The Labute approximate surface area is 124 Å². The first kappa shape index (κ1) is 14.8. The van der Waals surface area contributed by atoms with Gasteiger partial charge >= 0.3 is 0 Å². The van der Waals surface area contributed by atoms with Crippen LogP contribution in [0.1, 0.15) is 49.1 Å². The fourth-order valence-corrected chi connectivity index (χ4v) is 3.08. The first-order valence-corrected chi connectivity index (χ1v) is 7.99. The van der Waals surface area contributed by atoms with Crippen molar-refractivity contribution in [2.45, 2.75) is 38.6 Å². The molecule has 2 atom stereocenters. The van der Waals surface area contributed by atoms with Crippen molar-refractivity contribution in [2.24, 2.45) is 0 Å². The molecule has 2 nitrogen and oxygen atoms in total. The molecule has 106 valence electrons. The monoisotopic (exact) mass is 287 g/mol. The van der Waals surface area contributed by atoms with Gasteiger partial charge in [-0.1, -0.05) is 49.7 Å². The maximum Gasteiger partial charge on any atom is 0.228 e. The zero-order chi connectivity index (χ0) is 14.4. The highest BCUT2D eigenvalue weighted by molar-refractivity contribution is 7.10. The molecule has 0 spiro atoms. The van der Waals surface area contributed by atoms with Crippen LogP contribution in [-0.2, 0) is 4.79 Å². The molecule has 1 amide bonds. The van der Waals surface area contributed by atoms with Gasteiger partial charge < -0.3 is 5.32 Å². The summed E-state index contributed by atoms with van der Waals surface area (Å²) in [7, 11) is 0. The van der Waals surface area contributed by atoms with E-state index in [1.165, 1.54) is 4.88 Å². The molecule has 0 radical (unpaired) electrons. The Morgan fingerprint density at radius 2 is 1.95 bits per heavy atom. The Balaban J connectivity index is 2.08. The molecule has 20 heavy (non-hydrogen) atoms. The highest BCUT2D eigenvalue weighted by atomic mass is 32.1. The van der Waals surface area contributed by atoms with Gasteiger partial charge in [-0.2, -0.15) is 0 Å². The Morgan fingerprint density at radius 1 is 1.20 bits per heavy atom. The quantitative estimate of drug-likeness (QED) is 0.832. The van der Waals surface area contributed by atoms with Crippen LogP contribution in [0.25, 0.3) is 0 Å². The van der Waals surface area contributed by atoms with Gasteiger partial charge in [0.1, 0.15) is 0 Å². The molecule has 0 aliphatic heterocycles. The number of amides is 1. The van der Waals surface area contributed by atoms with Crippen molar-refractivity contribution in [1.29, 1.82) is 0 Å². The molecule has 1 aromatic carbocycles. The zero-order valence-corrected chi connectivity index (χ0v) is 12.8. The molecular formula is C17H21NOS. The van der Waals surface area contributed by atoms with Crippen LogP contribution in [0.4, 0.5) is 0 Å². The summed E-state index contributed by atoms with van der Waals surface area (Å²) in [5, 5.41) is 5.18. The predicted octanol–water partition coefficient (Wildman–Crippen LogP) is 4.51. The highest BCUT2D eigenvalue weighted by Gasteiger charge is 2.21. The maximum atomic E-state index is 12.5. The third kappa shape index (κ3) is 3.70. The van der Waals surface area contributed by atoms with E-state index >= 15 is 0 Å². The molecule has 0 saturated heterocycles. The molecule has 0 bridgehead atoms. The summed E-state index contributed by atoms with van der Waals surface area (Å²) in [6.45, 7) is 4.16. The molecule has 2 unspecified atom stereocenters. The lowest BCUT2D eigenvalue weighted by molar-refractivity contribution is -0.123. The standard InChI is InChI=1S/C17H21NOS/c1-3-8-15(14-9-5-4-6-10-14)17(19)18-13(2)16-11-7-12-20-16/h4-7,9-13,15H,3,8H2,1-2H3,(H,18,19). The van der Waals surface area contributed by atoms with Crippen molar-refractivity contribution in [1.82, 2.24) is 5.32 Å². The number of hydrogen-bond acceptors (Lipinski definition) is 2. The first-order valence-electron chi connectivity index (χ1n) is 7.11. The summed E-state index contributed by atoms with van der Waals surface area (Å²) in [5.41, 5.74) is 1.10. The Bertz CT molecular complexity index is 521. The van der Waals surface area contributed by atoms with Crippen LogP contribution >= 0.6 is 11.3 Å². The van der Waals surface area contributed by atoms with Crippen molar-refractivity contribution in [3.63, 3.8) is 0 Å². The van der Waals surface area contributed by atoms with E-state index in [1.807, 2.05) is 48.7 Å². The van der Waals surface area contributed by atoms with Gasteiger partial charge in [0.15, 0.2) is 0 Å². The number of hydrogen-bond donors (Lipinski definition) is 1. The molecule has 1 aromatic heterocycles. The molecule has 0 fully saturated rings. The van der Waals surface area contributed by atoms with E-state index in [2.05, 4.69) is 18.3 Å². The molecule has 2 rings (SSSR count). The molecular weight excluding hydrogens is 266 g/mol. The molecule has 0 aliphatic rings. The van der Waals surface area contributed by atoms with Gasteiger partial charge in [0.2, 0.25) is 5.91 Å². The van der Waals surface area contributed by atoms with E-state index in [-0.39, 0.29) is 17.9 Å². The van der Waals surface area contributed by atoms with E-state index in [9.17, 15) is 4.79 Å². The molecule has 1 N–H and O–H groups in total. The van der Waals surface area contributed by atoms with Crippen LogP contribution < -0.4 is 5.32 Å². The molecule has 0 saturated carbocycles. The number of benzene rings is 1. The zero-order valence-electron chi connectivity index (χ0n) is 12.0. The second kappa shape index (κ2) is 7.25. The fourth-order valence-electron chi connectivity index (χ4n) is 2.35. The number of nitrogens with one attached hydrogen (secondary N) is 1. The SMILES string of the molecule is CCCC(C(=O)NC(C)c1cccs1)c1ccccc1. The minimum Gasteiger partial charge on any atom is -0.348 e. The molecule has 1 heterocycles. The summed E-state index contributed by atoms with van der Waals surface area (Å²) in [5.74, 6) is 0.0718. The largest absolute Gasteiger partial charge is 0.348 e. The summed E-state index contributed by atoms with van der Waals surface area (Å²) in [6, 6.07) is 14.2. The van der Waals surface area contributed by atoms with Crippen LogP contribution in [0.5, 0.6) is 0 Å². The second-order valence-electron chi connectivity index (χ2n) is 5.00. The van der Waals surface area contributed by atoms with Crippen molar-refractivity contribution in [2.75, 3.05) is 0 Å². The number of carbonyl (C=O) groups is 1. The van der Waals surface area contributed by atoms with Crippen molar-refractivity contribution >= 4 is 17.2 Å². The van der Waals surface area contributed by atoms with Gasteiger partial charge in [-0.25, -0.2) is 0 Å². The van der Waals surface area contributed by atoms with Gasteiger partial charge in [-0.05, 0) is 30.4 Å². The number of carbonyl (C=O) groups excluding carboxylic acids is 1. The smallest absolute Gasteiger partial charge is 0.228 e. The lowest BCUT2D eigenvalue weighted by atomic mass is 9.93. The van der Waals surface area contributed by atoms with Gasteiger partial charge in [0.25, 0.3) is 0 Å². The number of rotatable bonds is 6. The van der Waals surface area contributed by atoms with E-state index in [1.54, 1.807) is 11.3 Å². The second-order valence-corrected chi connectivity index (χ2v) is 5.98. The maximum absolute atomic E-state index is 12.5. The Hall–Kier alpha value is -1.61. The first-order chi connectivity index (χ1) is 9.72. The summed E-state index contributed by atoms with van der Waals surface area (Å²) >= 11 is 1.68. The summed E-state index contributed by atoms with van der Waals surface area (Å²) < 4.78 is 0. The van der Waals surface area contributed by atoms with Gasteiger partial charge in [-0.15, -0.1) is 11.3 Å². The average molecular weight is 287 g/mol. The van der Waals surface area contributed by atoms with Gasteiger partial charge in [-0.3, -0.25) is 4.79 Å². The summed E-state index contributed by atoms with van der Waals surface area (Å²) in [6.07, 6.45) is 1.88. The Kier molecular flexibility index (Phi) is 5.36. The predicted molar refractivity (Wildman–Crippen MR) is 85.0 cm³/mol. The van der Waals surface area contributed by atoms with Crippen LogP contribution in [0.2, 0.25) is 0 Å². The van der Waals surface area contributed by atoms with Crippen molar-refractivity contribution < 1.29 is 4.79 Å². The van der Waals surface area contributed by atoms with E-state index < -0.39 is 0 Å². The minimum atomic E-state index is -0.0522. The third-order valence-corrected chi connectivity index (χ3v) is 4.48. The molecule has 2 aromatic rings. The number of thiophene rings is 1. The van der Waals surface area contributed by atoms with Crippen LogP contribution in [-0.4, -0.2) is 5.91 Å². The topological polar surface area (TPSA) is 29.1 Å². The van der Waals surface area contributed by atoms with Gasteiger partial charge in [0, 0.05) is 4.88 Å². The van der Waals surface area contributed by atoms with E-state index in [4.69, 9.17) is 0 Å². The van der Waals surface area contributed by atoms with Crippen molar-refractivity contribution in [3.8, 4) is 0 Å². The lowest BCUT2D eigenvalue weighted by Gasteiger charge is -2.19. The van der Waals surface area contributed by atoms with Crippen LogP contribution in [0, 0.1) is 0 Å². The highest BCUT2D eigenvalue weighted by Crippen LogP contribution is 2.24. The van der Waals surface area contributed by atoms with Crippen molar-refractivity contribution in [3.05, 3.63) is 58.3 Å². The molecule has 0 aliphatic carbocycles. The molecule has 3 heteroatoms. The summed E-state index contributed by atoms with van der Waals surface area (Å²) in [4.78, 5) is 13.7. The van der Waals surface area contributed by atoms with Crippen LogP contribution in [0.15, 0.2) is 47.8 Å². The Morgan fingerprint density at radius 3 is 2.55 bits per heavy atom. The average Bonchev–Trinajstić information content (AvgIpc) is 2.99. The normalized spacial score (nSPS) is 13.7. The minimum absolute atomic E-state index is 0.0522. The lowest BCUT2D eigenvalue weighted by Crippen LogP contribution is -2.31.